The summed E-state index contributed by atoms with van der Waals surface area (Å²) in [5.74, 6) is -0.0237. The van der Waals surface area contributed by atoms with Crippen LogP contribution in [-0.2, 0) is 6.42 Å². The van der Waals surface area contributed by atoms with Gasteiger partial charge in [0.05, 0.1) is 11.4 Å². The van der Waals surface area contributed by atoms with Gasteiger partial charge in [-0.3, -0.25) is 9.20 Å². The van der Waals surface area contributed by atoms with Gasteiger partial charge in [-0.05, 0) is 36.6 Å². The molecule has 3 nitrogen and oxygen atoms in total. The number of rotatable bonds is 8. The fourth-order valence-electron chi connectivity index (χ4n) is 4.48. The molecule has 0 fully saturated rings. The van der Waals surface area contributed by atoms with Crippen molar-refractivity contribution in [2.75, 3.05) is 0 Å². The summed E-state index contributed by atoms with van der Waals surface area (Å²) in [7, 11) is 0. The van der Waals surface area contributed by atoms with E-state index in [1.807, 2.05) is 72.8 Å². The normalized spacial score (nSPS) is 11.6. The van der Waals surface area contributed by atoms with E-state index in [0.717, 1.165) is 53.0 Å². The molecule has 0 aliphatic heterocycles. The third-order valence-corrected chi connectivity index (χ3v) is 6.23. The Bertz CT molecular complexity index is 1470. The van der Waals surface area contributed by atoms with Crippen LogP contribution in [0.5, 0.6) is 0 Å². The highest BCUT2D eigenvalue weighted by molar-refractivity contribution is 6.11. The fraction of sp³-hybridized carbons (Fsp3) is 0.125. The lowest BCUT2D eigenvalue weighted by atomic mass is 9.95. The smallest absolute Gasteiger partial charge is 0.186 e. The lowest BCUT2D eigenvalue weighted by Crippen LogP contribution is -2.05. The predicted molar refractivity (Wildman–Crippen MR) is 144 cm³/mol. The monoisotopic (exact) mass is 456 g/mol. The lowest BCUT2D eigenvalue weighted by Gasteiger charge is -2.14. The van der Waals surface area contributed by atoms with Crippen molar-refractivity contribution in [1.82, 2.24) is 9.38 Å². The molecule has 0 bridgehead atoms. The molecule has 0 saturated heterocycles. The molecule has 5 aromatic rings. The van der Waals surface area contributed by atoms with Gasteiger partial charge in [-0.15, -0.1) is 0 Å². The van der Waals surface area contributed by atoms with Crippen molar-refractivity contribution in [3.05, 3.63) is 138 Å². The number of hydrogen-bond donors (Lipinski definition) is 0. The number of ketones is 1. The number of aryl methyl sites for hydroxylation is 1. The molecule has 0 amide bonds. The van der Waals surface area contributed by atoms with E-state index in [-0.39, 0.29) is 5.78 Å². The van der Waals surface area contributed by atoms with Gasteiger partial charge in [0.15, 0.2) is 5.78 Å². The summed E-state index contributed by atoms with van der Waals surface area (Å²) < 4.78 is 2.25. The second kappa shape index (κ2) is 10.4. The SMILES string of the molecule is CCCCc1cccc2nc(-c3ccccc3)c(/C(=C\C(=O)c3ccccc3)c3ccccc3)n12. The molecule has 35 heavy (non-hydrogen) atoms. The number of aromatic nitrogens is 2. The topological polar surface area (TPSA) is 34.4 Å². The molecule has 0 saturated carbocycles. The molecule has 0 aliphatic carbocycles. The summed E-state index contributed by atoms with van der Waals surface area (Å²) >= 11 is 0. The predicted octanol–water partition coefficient (Wildman–Crippen LogP) is 7.66. The van der Waals surface area contributed by atoms with E-state index in [1.54, 1.807) is 6.08 Å². The van der Waals surface area contributed by atoms with Crippen molar-refractivity contribution < 1.29 is 4.79 Å². The molecule has 0 aliphatic rings. The molecule has 2 aromatic heterocycles. The maximum atomic E-state index is 13.5. The average molecular weight is 457 g/mol. The summed E-state index contributed by atoms with van der Waals surface area (Å²) in [6.45, 7) is 2.21. The summed E-state index contributed by atoms with van der Waals surface area (Å²) in [5, 5.41) is 0. The van der Waals surface area contributed by atoms with E-state index in [9.17, 15) is 4.79 Å². The number of carbonyl (C=O) groups excluding carboxylic acids is 1. The number of nitrogens with zero attached hydrogens (tertiary/aromatic N) is 2. The molecular formula is C32H28N2O. The minimum atomic E-state index is -0.0237. The largest absolute Gasteiger partial charge is 0.296 e. The number of carbonyl (C=O) groups is 1. The first-order valence-corrected chi connectivity index (χ1v) is 12.2. The van der Waals surface area contributed by atoms with Crippen LogP contribution in [0.25, 0.3) is 22.5 Å². The Hall–Kier alpha value is -4.24. The van der Waals surface area contributed by atoms with Crippen molar-refractivity contribution in [2.24, 2.45) is 0 Å². The van der Waals surface area contributed by atoms with Crippen LogP contribution in [-0.4, -0.2) is 15.2 Å². The molecular weight excluding hydrogens is 428 g/mol. The van der Waals surface area contributed by atoms with Crippen LogP contribution < -0.4 is 0 Å². The minimum absolute atomic E-state index is 0.0237. The molecule has 0 radical (unpaired) electrons. The molecule has 0 spiro atoms. The molecule has 5 rings (SSSR count). The van der Waals surface area contributed by atoms with Gasteiger partial charge in [0, 0.05) is 22.4 Å². The first kappa shape index (κ1) is 22.5. The van der Waals surface area contributed by atoms with E-state index in [1.165, 1.54) is 5.69 Å². The third kappa shape index (κ3) is 4.71. The Morgan fingerprint density at radius 3 is 2.06 bits per heavy atom. The zero-order valence-electron chi connectivity index (χ0n) is 19.9. The first-order chi connectivity index (χ1) is 17.3. The second-order valence-electron chi connectivity index (χ2n) is 8.64. The maximum absolute atomic E-state index is 13.5. The highest BCUT2D eigenvalue weighted by Gasteiger charge is 2.22. The summed E-state index contributed by atoms with van der Waals surface area (Å²) in [5.41, 5.74) is 7.48. The van der Waals surface area contributed by atoms with Gasteiger partial charge >= 0.3 is 0 Å². The Kier molecular flexibility index (Phi) is 6.67. The number of fused-ring (bicyclic) bond motifs is 1. The van der Waals surface area contributed by atoms with Crippen LogP contribution in [0.3, 0.4) is 0 Å². The number of unbranched alkanes of at least 4 members (excludes halogenated alkanes) is 1. The van der Waals surface area contributed by atoms with Crippen LogP contribution in [0.4, 0.5) is 0 Å². The van der Waals surface area contributed by atoms with Gasteiger partial charge in [-0.2, -0.15) is 0 Å². The number of imidazole rings is 1. The molecule has 0 N–H and O–H groups in total. The number of allylic oxidation sites excluding steroid dienone is 1. The van der Waals surface area contributed by atoms with Gasteiger partial charge in [-0.1, -0.05) is 110 Å². The number of hydrogen-bond acceptors (Lipinski definition) is 2. The van der Waals surface area contributed by atoms with Crippen LogP contribution in [0.15, 0.2) is 115 Å². The quantitative estimate of drug-likeness (QED) is 0.177. The minimum Gasteiger partial charge on any atom is -0.296 e. The molecule has 172 valence electrons. The molecule has 3 aromatic carbocycles. The Morgan fingerprint density at radius 1 is 0.771 bits per heavy atom. The van der Waals surface area contributed by atoms with Crippen molar-refractivity contribution in [3.63, 3.8) is 0 Å². The van der Waals surface area contributed by atoms with E-state index in [0.29, 0.717) is 5.56 Å². The van der Waals surface area contributed by atoms with Crippen molar-refractivity contribution >= 4 is 17.0 Å². The van der Waals surface area contributed by atoms with Gasteiger partial charge in [0.2, 0.25) is 0 Å². The van der Waals surface area contributed by atoms with E-state index < -0.39 is 0 Å². The van der Waals surface area contributed by atoms with E-state index in [2.05, 4.69) is 47.7 Å². The Labute approximate surface area is 206 Å². The highest BCUT2D eigenvalue weighted by Crippen LogP contribution is 2.35. The van der Waals surface area contributed by atoms with Gasteiger partial charge < -0.3 is 0 Å². The first-order valence-electron chi connectivity index (χ1n) is 12.2. The molecule has 2 heterocycles. The Morgan fingerprint density at radius 2 is 1.40 bits per heavy atom. The van der Waals surface area contributed by atoms with Gasteiger partial charge in [0.1, 0.15) is 5.65 Å². The van der Waals surface area contributed by atoms with Crippen molar-refractivity contribution in [1.29, 1.82) is 0 Å². The zero-order valence-corrected chi connectivity index (χ0v) is 19.9. The van der Waals surface area contributed by atoms with E-state index >= 15 is 0 Å². The zero-order chi connectivity index (χ0) is 24.0. The van der Waals surface area contributed by atoms with Gasteiger partial charge in [-0.25, -0.2) is 4.98 Å². The number of pyridine rings is 1. The molecule has 0 atom stereocenters. The second-order valence-corrected chi connectivity index (χ2v) is 8.64. The fourth-order valence-corrected chi connectivity index (χ4v) is 4.48. The van der Waals surface area contributed by atoms with Crippen LogP contribution in [0, 0.1) is 0 Å². The summed E-state index contributed by atoms with van der Waals surface area (Å²) in [4.78, 5) is 18.5. The summed E-state index contributed by atoms with van der Waals surface area (Å²) in [6.07, 6.45) is 4.92. The highest BCUT2D eigenvalue weighted by atomic mass is 16.1. The van der Waals surface area contributed by atoms with Gasteiger partial charge in [0.25, 0.3) is 0 Å². The molecule has 3 heteroatoms. The molecule has 0 unspecified atom stereocenters. The number of benzene rings is 3. The van der Waals surface area contributed by atoms with Crippen LogP contribution in [0.1, 0.15) is 47.1 Å². The summed E-state index contributed by atoms with van der Waals surface area (Å²) in [6, 6.07) is 36.1. The average Bonchev–Trinajstić information content (AvgIpc) is 3.32. The maximum Gasteiger partial charge on any atom is 0.186 e. The standard InChI is InChI=1S/C32H28N2O/c1-2-3-20-27-21-13-22-30-33-31(26-18-11-6-12-19-26)32(34(27)30)28(24-14-7-4-8-15-24)23-29(35)25-16-9-5-10-17-25/h4-19,21-23H,2-3,20H2,1H3/b28-23-. The van der Waals surface area contributed by atoms with Crippen LogP contribution in [0.2, 0.25) is 0 Å². The third-order valence-electron chi connectivity index (χ3n) is 6.23. The van der Waals surface area contributed by atoms with E-state index in [4.69, 9.17) is 4.98 Å². The van der Waals surface area contributed by atoms with Crippen molar-refractivity contribution in [3.8, 4) is 11.3 Å². The van der Waals surface area contributed by atoms with Crippen molar-refractivity contribution in [2.45, 2.75) is 26.2 Å². The van der Waals surface area contributed by atoms with Crippen LogP contribution >= 0.6 is 0 Å². The Balaban J connectivity index is 1.82. The lowest BCUT2D eigenvalue weighted by molar-refractivity contribution is 0.104.